The SMILES string of the molecule is CC(Nc1cccc2n[se]nc12)c1ccc(O)cc1. The molecule has 5 heteroatoms. The molecule has 0 spiro atoms. The number of hydrogen-bond donors (Lipinski definition) is 2. The third kappa shape index (κ3) is 2.48. The average Bonchev–Trinajstić information content (AvgIpc) is 2.89. The Morgan fingerprint density at radius 1 is 1.11 bits per heavy atom. The zero-order chi connectivity index (χ0) is 13.2. The van der Waals surface area contributed by atoms with Gasteiger partial charge in [-0.25, -0.2) is 0 Å². The fourth-order valence-corrected chi connectivity index (χ4v) is 3.16. The first-order valence-electron chi connectivity index (χ1n) is 6.01. The van der Waals surface area contributed by atoms with Gasteiger partial charge in [0.15, 0.2) is 0 Å². The van der Waals surface area contributed by atoms with Crippen molar-refractivity contribution in [1.29, 1.82) is 0 Å². The standard InChI is InChI=1S/C14H13N3OSe/c1-9(10-5-7-11(18)8-6-10)15-12-3-2-4-13-14(12)17-19-16-13/h2-9,15,18H,1H3. The van der Waals surface area contributed by atoms with E-state index in [0.717, 1.165) is 22.3 Å². The molecule has 0 aliphatic rings. The zero-order valence-electron chi connectivity index (χ0n) is 10.4. The van der Waals surface area contributed by atoms with Crippen LogP contribution in [0.15, 0.2) is 42.5 Å². The van der Waals surface area contributed by atoms with Crippen LogP contribution in [0, 0.1) is 0 Å². The molecule has 0 saturated heterocycles. The molecular weight excluding hydrogens is 305 g/mol. The predicted molar refractivity (Wildman–Crippen MR) is 76.6 cm³/mol. The molecule has 1 heterocycles. The van der Waals surface area contributed by atoms with Gasteiger partial charge in [0.05, 0.1) is 0 Å². The Balaban J connectivity index is 1.88. The Morgan fingerprint density at radius 3 is 2.68 bits per heavy atom. The number of aromatic nitrogens is 2. The Kier molecular flexibility index (Phi) is 3.23. The average molecular weight is 318 g/mol. The van der Waals surface area contributed by atoms with E-state index in [1.807, 2.05) is 30.3 Å². The number of nitrogens with one attached hydrogen (secondary N) is 1. The van der Waals surface area contributed by atoms with E-state index in [1.165, 1.54) is 0 Å². The molecule has 4 nitrogen and oxygen atoms in total. The fourth-order valence-electron chi connectivity index (χ4n) is 2.00. The second-order valence-corrected chi connectivity index (χ2v) is 5.50. The summed E-state index contributed by atoms with van der Waals surface area (Å²) in [5.74, 6) is 0.285. The van der Waals surface area contributed by atoms with Gasteiger partial charge in [0.2, 0.25) is 0 Å². The minimum atomic E-state index is -0.0120. The van der Waals surface area contributed by atoms with Crippen LogP contribution >= 0.6 is 0 Å². The summed E-state index contributed by atoms with van der Waals surface area (Å²) in [5.41, 5.74) is 4.08. The van der Waals surface area contributed by atoms with Gasteiger partial charge in [0.25, 0.3) is 0 Å². The number of nitrogens with zero attached hydrogens (tertiary/aromatic N) is 2. The predicted octanol–water partition coefficient (Wildman–Crippen LogP) is 2.57. The zero-order valence-corrected chi connectivity index (χ0v) is 12.1. The van der Waals surface area contributed by atoms with Crippen molar-refractivity contribution in [2.75, 3.05) is 5.32 Å². The maximum atomic E-state index is 9.31. The van der Waals surface area contributed by atoms with Crippen molar-refractivity contribution in [3.63, 3.8) is 0 Å². The second-order valence-electron chi connectivity index (χ2n) is 4.40. The van der Waals surface area contributed by atoms with Crippen LogP contribution in [-0.2, 0) is 0 Å². The summed E-state index contributed by atoms with van der Waals surface area (Å²) in [6, 6.07) is 13.4. The van der Waals surface area contributed by atoms with E-state index in [4.69, 9.17) is 0 Å². The third-order valence-corrected chi connectivity index (χ3v) is 4.19. The summed E-state index contributed by atoms with van der Waals surface area (Å²) in [4.78, 5) is 0. The molecule has 3 rings (SSSR count). The summed E-state index contributed by atoms with van der Waals surface area (Å²) >= 11 is -0.0120. The maximum absolute atomic E-state index is 9.31. The summed E-state index contributed by atoms with van der Waals surface area (Å²) in [6.07, 6.45) is 0. The number of rotatable bonds is 3. The van der Waals surface area contributed by atoms with Crippen molar-refractivity contribution in [2.45, 2.75) is 13.0 Å². The van der Waals surface area contributed by atoms with E-state index in [9.17, 15) is 5.11 Å². The molecule has 1 unspecified atom stereocenters. The van der Waals surface area contributed by atoms with Crippen molar-refractivity contribution >= 4 is 31.7 Å². The Labute approximate surface area is 117 Å². The Bertz CT molecular complexity index is 693. The molecule has 0 aliphatic heterocycles. The van der Waals surface area contributed by atoms with Gasteiger partial charge in [-0.05, 0) is 0 Å². The van der Waals surface area contributed by atoms with Crippen LogP contribution in [-0.4, -0.2) is 28.0 Å². The molecule has 0 bridgehead atoms. The van der Waals surface area contributed by atoms with Crippen LogP contribution in [0.2, 0.25) is 0 Å². The molecule has 2 aromatic carbocycles. The number of benzene rings is 2. The normalized spacial score (nSPS) is 12.5. The van der Waals surface area contributed by atoms with Gasteiger partial charge in [-0.1, -0.05) is 0 Å². The summed E-state index contributed by atoms with van der Waals surface area (Å²) in [5, 5.41) is 12.8. The summed E-state index contributed by atoms with van der Waals surface area (Å²) in [7, 11) is 0. The number of fused-ring (bicyclic) bond motifs is 1. The van der Waals surface area contributed by atoms with Gasteiger partial charge in [-0.3, -0.25) is 0 Å². The number of anilines is 1. The Hall–Kier alpha value is -1.84. The molecule has 0 fully saturated rings. The van der Waals surface area contributed by atoms with Gasteiger partial charge in [0.1, 0.15) is 0 Å². The van der Waals surface area contributed by atoms with Crippen molar-refractivity contribution < 1.29 is 5.11 Å². The van der Waals surface area contributed by atoms with Gasteiger partial charge in [-0.15, -0.1) is 0 Å². The van der Waals surface area contributed by atoms with Crippen molar-refractivity contribution in [1.82, 2.24) is 7.96 Å². The van der Waals surface area contributed by atoms with Crippen molar-refractivity contribution in [2.24, 2.45) is 0 Å². The van der Waals surface area contributed by atoms with E-state index in [-0.39, 0.29) is 26.8 Å². The van der Waals surface area contributed by atoms with Gasteiger partial charge >= 0.3 is 117 Å². The van der Waals surface area contributed by atoms with Gasteiger partial charge in [-0.2, -0.15) is 0 Å². The van der Waals surface area contributed by atoms with E-state index >= 15 is 0 Å². The second kappa shape index (κ2) is 5.03. The number of phenols is 1. The van der Waals surface area contributed by atoms with Gasteiger partial charge < -0.3 is 0 Å². The van der Waals surface area contributed by atoms with Crippen LogP contribution < -0.4 is 5.32 Å². The molecule has 2 N–H and O–H groups in total. The topological polar surface area (TPSA) is 58.0 Å². The molecule has 3 aromatic rings. The van der Waals surface area contributed by atoms with Crippen molar-refractivity contribution in [3.8, 4) is 5.75 Å². The number of hydrogen-bond acceptors (Lipinski definition) is 4. The molecule has 0 saturated carbocycles. The van der Waals surface area contributed by atoms with Crippen molar-refractivity contribution in [3.05, 3.63) is 48.0 Å². The Morgan fingerprint density at radius 2 is 1.89 bits per heavy atom. The monoisotopic (exact) mass is 319 g/mol. The first kappa shape index (κ1) is 12.2. The number of phenolic OH excluding ortho intramolecular Hbond substituents is 1. The van der Waals surface area contributed by atoms with Crippen LogP contribution in [0.1, 0.15) is 18.5 Å². The minimum absolute atomic E-state index is 0.0120. The molecule has 0 amide bonds. The fraction of sp³-hybridized carbons (Fsp3) is 0.143. The van der Waals surface area contributed by atoms with Crippen LogP contribution in [0.3, 0.4) is 0 Å². The van der Waals surface area contributed by atoms with E-state index in [2.05, 4.69) is 20.2 Å². The molecule has 0 radical (unpaired) electrons. The molecule has 19 heavy (non-hydrogen) atoms. The van der Waals surface area contributed by atoms with E-state index in [1.54, 1.807) is 12.1 Å². The van der Waals surface area contributed by atoms with E-state index in [0.29, 0.717) is 0 Å². The first-order valence-corrected chi connectivity index (χ1v) is 7.54. The molecule has 1 atom stereocenters. The summed E-state index contributed by atoms with van der Waals surface area (Å²) in [6.45, 7) is 2.09. The molecule has 1 aromatic heterocycles. The number of aromatic hydroxyl groups is 1. The molecule has 0 aliphatic carbocycles. The third-order valence-electron chi connectivity index (χ3n) is 3.05. The molecular formula is C14H13N3OSe. The van der Waals surface area contributed by atoms with Crippen LogP contribution in [0.5, 0.6) is 5.75 Å². The van der Waals surface area contributed by atoms with Gasteiger partial charge in [0, 0.05) is 0 Å². The van der Waals surface area contributed by atoms with Crippen LogP contribution in [0.4, 0.5) is 5.69 Å². The van der Waals surface area contributed by atoms with Crippen LogP contribution in [0.25, 0.3) is 11.0 Å². The van der Waals surface area contributed by atoms with E-state index < -0.39 is 0 Å². The molecule has 96 valence electrons. The summed E-state index contributed by atoms with van der Waals surface area (Å²) < 4.78 is 8.83. The first-order chi connectivity index (χ1) is 9.24. The quantitative estimate of drug-likeness (QED) is 0.729.